The van der Waals surface area contributed by atoms with E-state index in [4.69, 9.17) is 16.5 Å². The summed E-state index contributed by atoms with van der Waals surface area (Å²) in [5.74, 6) is 0. The fourth-order valence-electron chi connectivity index (χ4n) is 1.95. The van der Waals surface area contributed by atoms with Gasteiger partial charge in [0.2, 0.25) is 0 Å². The zero-order chi connectivity index (χ0) is 13.2. The lowest BCUT2D eigenvalue weighted by molar-refractivity contribution is 0.278. The maximum atomic E-state index is 6.22. The monoisotopic (exact) mass is 316 g/mol. The van der Waals surface area contributed by atoms with E-state index in [0.717, 1.165) is 0 Å². The zero-order valence-electron chi connectivity index (χ0n) is 11.3. The SMILES string of the molecule is C[Si]1(C)O[SiH2]O[SiH](c2ccccc2)O[Si](C)(C)O1. The standard InChI is InChI=1S/C10H20O4Si4/c1-17(2)12-15-11-16(13-18(3,4)14-17)10-8-6-5-7-9-10/h5-9,16H,15H2,1-4H3. The van der Waals surface area contributed by atoms with Gasteiger partial charge in [-0.25, -0.2) is 0 Å². The summed E-state index contributed by atoms with van der Waals surface area (Å²) in [5.41, 5.74) is 0. The number of hydrogen-bond acceptors (Lipinski definition) is 4. The molecule has 0 aromatic heterocycles. The van der Waals surface area contributed by atoms with Crippen LogP contribution in [0.25, 0.3) is 0 Å². The normalized spacial score (nSPS) is 28.6. The molecule has 0 aliphatic carbocycles. The van der Waals surface area contributed by atoms with E-state index in [1.54, 1.807) is 0 Å². The molecule has 1 aliphatic rings. The second kappa shape index (κ2) is 5.51. The average molecular weight is 317 g/mol. The van der Waals surface area contributed by atoms with Crippen molar-refractivity contribution < 1.29 is 16.5 Å². The Labute approximate surface area is 115 Å². The van der Waals surface area contributed by atoms with Crippen LogP contribution in [0.2, 0.25) is 26.2 Å². The molecule has 0 amide bonds. The molecule has 1 unspecified atom stereocenters. The Hall–Kier alpha value is -0.0725. The minimum atomic E-state index is -2.16. The molecular weight excluding hydrogens is 296 g/mol. The summed E-state index contributed by atoms with van der Waals surface area (Å²) >= 11 is 0. The second-order valence-corrected chi connectivity index (χ2v) is 16.6. The van der Waals surface area contributed by atoms with E-state index in [1.165, 1.54) is 5.19 Å². The van der Waals surface area contributed by atoms with E-state index >= 15 is 0 Å². The Bertz CT molecular complexity index is 398. The second-order valence-electron chi connectivity index (χ2n) is 5.19. The smallest absolute Gasteiger partial charge is 0.337 e. The fraction of sp³-hybridized carbons (Fsp3) is 0.400. The van der Waals surface area contributed by atoms with E-state index in [-0.39, 0.29) is 0 Å². The number of hydrogen-bond donors (Lipinski definition) is 0. The van der Waals surface area contributed by atoms with Gasteiger partial charge in [0, 0.05) is 0 Å². The summed E-state index contributed by atoms with van der Waals surface area (Å²) in [6.07, 6.45) is 0. The molecule has 0 bridgehead atoms. The Morgan fingerprint density at radius 1 is 1.00 bits per heavy atom. The van der Waals surface area contributed by atoms with Gasteiger partial charge in [-0.3, -0.25) is 0 Å². The van der Waals surface area contributed by atoms with E-state index in [2.05, 4.69) is 38.3 Å². The van der Waals surface area contributed by atoms with Crippen molar-refractivity contribution in [1.82, 2.24) is 0 Å². The lowest BCUT2D eigenvalue weighted by Crippen LogP contribution is -2.57. The molecule has 4 nitrogen and oxygen atoms in total. The molecule has 1 saturated heterocycles. The van der Waals surface area contributed by atoms with E-state index in [1.807, 2.05) is 18.2 Å². The molecule has 1 aliphatic heterocycles. The summed E-state index contributed by atoms with van der Waals surface area (Å²) in [4.78, 5) is 0. The predicted molar refractivity (Wildman–Crippen MR) is 81.1 cm³/mol. The molecule has 1 heterocycles. The lowest BCUT2D eigenvalue weighted by atomic mass is 10.4. The van der Waals surface area contributed by atoms with Gasteiger partial charge in [-0.1, -0.05) is 30.3 Å². The molecule has 0 radical (unpaired) electrons. The molecule has 1 aromatic carbocycles. The van der Waals surface area contributed by atoms with Gasteiger partial charge in [0.15, 0.2) is 0 Å². The molecule has 1 fully saturated rings. The van der Waals surface area contributed by atoms with Crippen LogP contribution in [0, 0.1) is 0 Å². The highest BCUT2D eigenvalue weighted by atomic mass is 28.5. The first-order chi connectivity index (χ1) is 8.38. The zero-order valence-corrected chi connectivity index (χ0v) is 15.9. The van der Waals surface area contributed by atoms with Gasteiger partial charge in [0.25, 0.3) is 10.0 Å². The third-order valence-electron chi connectivity index (χ3n) is 2.58. The highest BCUT2D eigenvalue weighted by Gasteiger charge is 2.41. The molecule has 100 valence electrons. The molecule has 8 heteroatoms. The summed E-state index contributed by atoms with van der Waals surface area (Å²) < 4.78 is 24.2. The van der Waals surface area contributed by atoms with Crippen LogP contribution in [0.15, 0.2) is 30.3 Å². The maximum Gasteiger partial charge on any atom is 0.337 e. The first-order valence-electron chi connectivity index (χ1n) is 6.06. The average Bonchev–Trinajstić information content (AvgIpc) is 2.25. The van der Waals surface area contributed by atoms with Gasteiger partial charge in [-0.15, -0.1) is 0 Å². The van der Waals surface area contributed by atoms with Crippen molar-refractivity contribution in [2.24, 2.45) is 0 Å². The Morgan fingerprint density at radius 2 is 1.67 bits per heavy atom. The highest BCUT2D eigenvalue weighted by molar-refractivity contribution is 6.86. The van der Waals surface area contributed by atoms with E-state index in [9.17, 15) is 0 Å². The molecule has 1 atom stereocenters. The van der Waals surface area contributed by atoms with Gasteiger partial charge < -0.3 is 16.5 Å². The predicted octanol–water partition coefficient (Wildman–Crippen LogP) is 0.596. The molecule has 2 rings (SSSR count). The lowest BCUT2D eigenvalue weighted by Gasteiger charge is -2.38. The third-order valence-corrected chi connectivity index (χ3v) is 15.6. The molecule has 0 N–H and O–H groups in total. The topological polar surface area (TPSA) is 36.9 Å². The van der Waals surface area contributed by atoms with Crippen LogP contribution < -0.4 is 5.19 Å². The molecule has 0 spiro atoms. The number of rotatable bonds is 1. The van der Waals surface area contributed by atoms with Gasteiger partial charge >= 0.3 is 26.4 Å². The first kappa shape index (κ1) is 14.3. The van der Waals surface area contributed by atoms with Gasteiger partial charge in [-0.2, -0.15) is 0 Å². The summed E-state index contributed by atoms with van der Waals surface area (Å²) in [5, 5.41) is 1.17. The minimum Gasteiger partial charge on any atom is -0.420 e. The van der Waals surface area contributed by atoms with Crippen molar-refractivity contribution in [1.29, 1.82) is 0 Å². The quantitative estimate of drug-likeness (QED) is 0.711. The van der Waals surface area contributed by atoms with Gasteiger partial charge in [0.05, 0.1) is 0 Å². The van der Waals surface area contributed by atoms with Crippen LogP contribution in [0.4, 0.5) is 0 Å². The minimum absolute atomic E-state index is 0.997. The third kappa shape index (κ3) is 3.96. The molecule has 0 saturated carbocycles. The summed E-state index contributed by atoms with van der Waals surface area (Å²) in [7, 11) is -7.04. The Kier molecular flexibility index (Phi) is 4.39. The fourth-order valence-corrected chi connectivity index (χ4v) is 15.4. The van der Waals surface area contributed by atoms with Crippen molar-refractivity contribution in [2.45, 2.75) is 26.2 Å². The van der Waals surface area contributed by atoms with Crippen LogP contribution >= 0.6 is 0 Å². The Morgan fingerprint density at radius 3 is 2.33 bits per heavy atom. The van der Waals surface area contributed by atoms with Crippen molar-refractivity contribution in [3.05, 3.63) is 30.3 Å². The van der Waals surface area contributed by atoms with E-state index in [0.29, 0.717) is 0 Å². The van der Waals surface area contributed by atoms with Crippen molar-refractivity contribution >= 4 is 41.6 Å². The van der Waals surface area contributed by atoms with Crippen LogP contribution in [0.1, 0.15) is 0 Å². The van der Waals surface area contributed by atoms with Crippen LogP contribution in [0.5, 0.6) is 0 Å². The van der Waals surface area contributed by atoms with Crippen molar-refractivity contribution in [3.63, 3.8) is 0 Å². The van der Waals surface area contributed by atoms with Gasteiger partial charge in [0.1, 0.15) is 0 Å². The number of benzene rings is 1. The van der Waals surface area contributed by atoms with Crippen molar-refractivity contribution in [2.75, 3.05) is 0 Å². The van der Waals surface area contributed by atoms with Crippen LogP contribution in [-0.4, -0.2) is 36.4 Å². The maximum absolute atomic E-state index is 6.22. The van der Waals surface area contributed by atoms with Crippen LogP contribution in [0.3, 0.4) is 0 Å². The first-order valence-corrected chi connectivity index (χ1v) is 14.4. The van der Waals surface area contributed by atoms with Gasteiger partial charge in [-0.05, 0) is 31.4 Å². The summed E-state index contributed by atoms with van der Waals surface area (Å²) in [6, 6.07) is 10.2. The van der Waals surface area contributed by atoms with Crippen molar-refractivity contribution in [3.8, 4) is 0 Å². The van der Waals surface area contributed by atoms with E-state index < -0.39 is 36.4 Å². The molecule has 18 heavy (non-hydrogen) atoms. The largest absolute Gasteiger partial charge is 0.420 e. The van der Waals surface area contributed by atoms with Crippen LogP contribution in [-0.2, 0) is 16.5 Å². The molecule has 1 aromatic rings. The highest BCUT2D eigenvalue weighted by Crippen LogP contribution is 2.19. The Balaban J connectivity index is 2.16. The molecular formula is C10H20O4Si4. The summed E-state index contributed by atoms with van der Waals surface area (Å²) in [6.45, 7) is 8.27.